The Morgan fingerprint density at radius 1 is 1.03 bits per heavy atom. The molecule has 1 nitrogen and oxygen atoms in total. The van der Waals surface area contributed by atoms with Crippen LogP contribution in [-0.2, 0) is 0 Å². The molecule has 0 saturated heterocycles. The summed E-state index contributed by atoms with van der Waals surface area (Å²) in [6.07, 6.45) is 15.3. The van der Waals surface area contributed by atoms with Gasteiger partial charge in [0.2, 0.25) is 0 Å². The maximum Gasteiger partial charge on any atom is 0.0594 e. The van der Waals surface area contributed by atoms with Gasteiger partial charge in [-0.25, -0.2) is 0 Å². The van der Waals surface area contributed by atoms with Gasteiger partial charge in [0.1, 0.15) is 0 Å². The second-order valence-corrected chi connectivity index (χ2v) is 13.0. The van der Waals surface area contributed by atoms with Gasteiger partial charge < -0.3 is 5.11 Å². The third kappa shape index (κ3) is 3.37. The van der Waals surface area contributed by atoms with Crippen LogP contribution < -0.4 is 0 Å². The number of hydrogen-bond acceptors (Lipinski definition) is 1. The van der Waals surface area contributed by atoms with E-state index in [4.69, 9.17) is 0 Å². The molecule has 170 valence electrons. The van der Waals surface area contributed by atoms with Crippen molar-refractivity contribution in [3.8, 4) is 0 Å². The first-order valence-electron chi connectivity index (χ1n) is 13.1. The molecule has 7 atom stereocenters. The third-order valence-corrected chi connectivity index (χ3v) is 10.8. The van der Waals surface area contributed by atoms with Crippen molar-refractivity contribution in [3.05, 3.63) is 22.8 Å². The number of aliphatic hydroxyl groups is 1. The molecule has 4 aliphatic carbocycles. The first-order valence-corrected chi connectivity index (χ1v) is 13.1. The summed E-state index contributed by atoms with van der Waals surface area (Å²) in [6, 6.07) is 0. The lowest BCUT2D eigenvalue weighted by molar-refractivity contribution is -0.0931. The molecule has 0 spiro atoms. The van der Waals surface area contributed by atoms with Gasteiger partial charge in [-0.05, 0) is 118 Å². The maximum atomic E-state index is 10.8. The minimum absolute atomic E-state index is 0.0595. The van der Waals surface area contributed by atoms with Crippen molar-refractivity contribution in [3.63, 3.8) is 0 Å². The van der Waals surface area contributed by atoms with E-state index in [1.54, 1.807) is 0 Å². The second-order valence-electron chi connectivity index (χ2n) is 13.0. The fourth-order valence-corrected chi connectivity index (χ4v) is 9.10. The van der Waals surface area contributed by atoms with Gasteiger partial charge in [0.25, 0.3) is 0 Å². The third-order valence-electron chi connectivity index (χ3n) is 10.8. The van der Waals surface area contributed by atoms with Crippen molar-refractivity contribution in [2.45, 2.75) is 119 Å². The minimum Gasteiger partial charge on any atom is -0.393 e. The first-order chi connectivity index (χ1) is 14.0. The lowest BCUT2D eigenvalue weighted by Gasteiger charge is -2.60. The van der Waals surface area contributed by atoms with Crippen LogP contribution in [0, 0.1) is 39.9 Å². The number of hydrogen-bond donors (Lipinski definition) is 1. The zero-order valence-electron chi connectivity index (χ0n) is 21.0. The van der Waals surface area contributed by atoms with Crippen LogP contribution in [0.25, 0.3) is 0 Å². The van der Waals surface area contributed by atoms with Gasteiger partial charge in [0.05, 0.1) is 6.10 Å². The Balaban J connectivity index is 1.59. The fourth-order valence-electron chi connectivity index (χ4n) is 9.10. The Bertz CT molecular complexity index is 723. The normalized spacial score (nSPS) is 43.5. The molecule has 1 heteroatoms. The van der Waals surface area contributed by atoms with E-state index in [-0.39, 0.29) is 11.5 Å². The van der Waals surface area contributed by atoms with Crippen molar-refractivity contribution in [1.29, 1.82) is 0 Å². The number of fused-ring (bicyclic) bond motifs is 4. The Morgan fingerprint density at radius 2 is 1.77 bits per heavy atom. The van der Waals surface area contributed by atoms with E-state index in [2.05, 4.69) is 54.5 Å². The molecule has 4 aliphatic rings. The van der Waals surface area contributed by atoms with Gasteiger partial charge in [-0.2, -0.15) is 0 Å². The van der Waals surface area contributed by atoms with Crippen LogP contribution in [-0.4, -0.2) is 11.2 Å². The van der Waals surface area contributed by atoms with Crippen LogP contribution in [0.15, 0.2) is 22.8 Å². The molecular formula is C29H48O. The summed E-state index contributed by atoms with van der Waals surface area (Å²) in [7, 11) is 0. The van der Waals surface area contributed by atoms with Crippen LogP contribution >= 0.6 is 0 Å². The Kier molecular flexibility index (Phi) is 5.87. The monoisotopic (exact) mass is 412 g/mol. The summed E-state index contributed by atoms with van der Waals surface area (Å²) in [5.74, 6) is 3.23. The quantitative estimate of drug-likeness (QED) is 0.462. The molecule has 2 saturated carbocycles. The zero-order chi connectivity index (χ0) is 21.9. The molecule has 0 heterocycles. The number of allylic oxidation sites excluding steroid dienone is 4. The first kappa shape index (κ1) is 22.6. The summed E-state index contributed by atoms with van der Waals surface area (Å²) in [4.78, 5) is 0. The highest BCUT2D eigenvalue weighted by Crippen LogP contribution is 2.68. The van der Waals surface area contributed by atoms with Gasteiger partial charge in [-0.3, -0.25) is 0 Å². The van der Waals surface area contributed by atoms with E-state index in [9.17, 15) is 5.11 Å². The van der Waals surface area contributed by atoms with E-state index in [0.29, 0.717) is 16.7 Å². The summed E-state index contributed by atoms with van der Waals surface area (Å²) >= 11 is 0. The van der Waals surface area contributed by atoms with Gasteiger partial charge in [-0.1, -0.05) is 57.4 Å². The zero-order valence-corrected chi connectivity index (χ0v) is 21.0. The van der Waals surface area contributed by atoms with Crippen LogP contribution in [0.5, 0.6) is 0 Å². The molecular weight excluding hydrogens is 364 g/mol. The molecule has 4 rings (SSSR count). The second kappa shape index (κ2) is 7.79. The highest BCUT2D eigenvalue weighted by atomic mass is 16.3. The van der Waals surface area contributed by atoms with E-state index in [0.717, 1.165) is 24.2 Å². The van der Waals surface area contributed by atoms with Crippen LogP contribution in [0.4, 0.5) is 0 Å². The van der Waals surface area contributed by atoms with Crippen LogP contribution in [0.3, 0.4) is 0 Å². The molecule has 0 amide bonds. The predicted molar refractivity (Wildman–Crippen MR) is 128 cm³/mol. The molecule has 0 aromatic heterocycles. The predicted octanol–water partition coefficient (Wildman–Crippen LogP) is 8.09. The van der Waals surface area contributed by atoms with Gasteiger partial charge in [-0.15, -0.1) is 0 Å². The lowest BCUT2D eigenvalue weighted by Crippen LogP contribution is -2.53. The molecule has 1 N–H and O–H groups in total. The molecule has 2 fully saturated rings. The van der Waals surface area contributed by atoms with Crippen molar-refractivity contribution < 1.29 is 5.11 Å². The largest absolute Gasteiger partial charge is 0.393 e. The number of aliphatic hydroxyl groups excluding tert-OH is 1. The average molecular weight is 413 g/mol. The SMILES string of the molecule is CC(C)=CCCC(C)[C@H]1CC[C@H]2C3=C(CC[C@]12C)[C@@]1(C)CCC(O)C(C)(C)C1CC3. The van der Waals surface area contributed by atoms with E-state index >= 15 is 0 Å². The Morgan fingerprint density at radius 3 is 2.47 bits per heavy atom. The minimum atomic E-state index is -0.121. The van der Waals surface area contributed by atoms with E-state index in [1.807, 2.05) is 11.1 Å². The molecule has 0 aliphatic heterocycles. The van der Waals surface area contributed by atoms with Crippen molar-refractivity contribution >= 4 is 0 Å². The smallest absolute Gasteiger partial charge is 0.0594 e. The molecule has 0 radical (unpaired) electrons. The van der Waals surface area contributed by atoms with Gasteiger partial charge in [0, 0.05) is 0 Å². The summed E-state index contributed by atoms with van der Waals surface area (Å²) in [6.45, 7) is 16.9. The molecule has 0 aromatic rings. The van der Waals surface area contributed by atoms with Gasteiger partial charge in [0.15, 0.2) is 0 Å². The summed E-state index contributed by atoms with van der Waals surface area (Å²) < 4.78 is 0. The molecule has 30 heavy (non-hydrogen) atoms. The Labute approximate surface area is 186 Å². The van der Waals surface area contributed by atoms with E-state index in [1.165, 1.54) is 63.4 Å². The van der Waals surface area contributed by atoms with Crippen LogP contribution in [0.1, 0.15) is 113 Å². The van der Waals surface area contributed by atoms with E-state index < -0.39 is 0 Å². The summed E-state index contributed by atoms with van der Waals surface area (Å²) in [5.41, 5.74) is 6.15. The summed E-state index contributed by atoms with van der Waals surface area (Å²) in [5, 5.41) is 10.8. The van der Waals surface area contributed by atoms with Crippen LogP contribution in [0.2, 0.25) is 0 Å². The fraction of sp³-hybridized carbons (Fsp3) is 0.862. The number of rotatable bonds is 4. The molecule has 3 unspecified atom stereocenters. The highest BCUT2D eigenvalue weighted by Gasteiger charge is 2.59. The lowest BCUT2D eigenvalue weighted by atomic mass is 9.46. The Hall–Kier alpha value is -0.560. The van der Waals surface area contributed by atoms with Crippen molar-refractivity contribution in [2.24, 2.45) is 39.9 Å². The molecule has 0 bridgehead atoms. The van der Waals surface area contributed by atoms with Crippen molar-refractivity contribution in [2.75, 3.05) is 0 Å². The molecule has 0 aromatic carbocycles. The topological polar surface area (TPSA) is 20.2 Å². The maximum absolute atomic E-state index is 10.8. The highest BCUT2D eigenvalue weighted by molar-refractivity contribution is 5.35. The van der Waals surface area contributed by atoms with Crippen molar-refractivity contribution in [1.82, 2.24) is 0 Å². The van der Waals surface area contributed by atoms with Gasteiger partial charge >= 0.3 is 0 Å². The standard InChI is InChI=1S/C29H48O/c1-19(2)9-8-10-20(3)22-12-13-23-21-11-14-25-27(4,5)26(30)16-18-29(25,7)24(21)15-17-28(22,23)6/h9,20,22-23,25-26,30H,8,10-18H2,1-7H3/t20?,22-,23+,25?,26?,28-,29-/m1/s1. The average Bonchev–Trinajstić information content (AvgIpc) is 3.02.